The van der Waals surface area contributed by atoms with Gasteiger partial charge in [0.15, 0.2) is 17.0 Å². The predicted molar refractivity (Wildman–Crippen MR) is 141 cm³/mol. The van der Waals surface area contributed by atoms with Gasteiger partial charge < -0.3 is 14.3 Å². The van der Waals surface area contributed by atoms with Crippen LogP contribution in [0.4, 0.5) is 21.5 Å². The average molecular weight is 487 g/mol. The number of nitrogens with zero attached hydrogens (tertiary/aromatic N) is 3. The maximum absolute atomic E-state index is 15.9. The summed E-state index contributed by atoms with van der Waals surface area (Å²) in [4.78, 5) is 5.39. The highest BCUT2D eigenvalue weighted by molar-refractivity contribution is 7.37. The average Bonchev–Trinajstić information content (AvgIpc) is 2.87. The number of fused-ring (bicyclic) bond motifs is 5. The smallest absolute Gasteiger partial charge is 0.196 e. The van der Waals surface area contributed by atoms with Gasteiger partial charge in [-0.3, -0.25) is 0 Å². The Labute approximate surface area is 202 Å². The van der Waals surface area contributed by atoms with Crippen LogP contribution >= 0.6 is 22.7 Å². The van der Waals surface area contributed by atoms with Crippen molar-refractivity contribution in [3.8, 4) is 0 Å². The molecule has 0 radical (unpaired) electrons. The van der Waals surface area contributed by atoms with Gasteiger partial charge in [0, 0.05) is 29.2 Å². The zero-order valence-electron chi connectivity index (χ0n) is 18.4. The third kappa shape index (κ3) is 3.52. The summed E-state index contributed by atoms with van der Waals surface area (Å²) in [5.74, 6) is -0.531. The van der Waals surface area contributed by atoms with E-state index in [0.717, 1.165) is 30.0 Å². The molecule has 0 spiro atoms. The van der Waals surface area contributed by atoms with Gasteiger partial charge in [0.2, 0.25) is 0 Å². The fraction of sp³-hybridized carbons (Fsp3) is 0.0769. The molecular formula is C26H19FN4OS2. The molecule has 1 N–H and O–H groups in total. The van der Waals surface area contributed by atoms with Gasteiger partial charge in [-0.1, -0.05) is 24.3 Å². The lowest BCUT2D eigenvalue weighted by Crippen LogP contribution is -2.07. The van der Waals surface area contributed by atoms with Gasteiger partial charge in [-0.15, -0.1) is 27.8 Å². The quantitative estimate of drug-likeness (QED) is 0.154. The second-order valence-corrected chi connectivity index (χ2v) is 10.1. The van der Waals surface area contributed by atoms with E-state index in [9.17, 15) is 0 Å². The summed E-state index contributed by atoms with van der Waals surface area (Å²) in [5.41, 5.74) is 4.02. The molecule has 0 atom stereocenters. The SMILES string of the molecule is CN(C)c1ccc(N=Nc2c(F)c3oc4ccccc4[nH]c3c3sc4ccccc4sc23)cc1. The molecule has 168 valence electrons. The Morgan fingerprint density at radius 2 is 1.50 bits per heavy atom. The highest BCUT2D eigenvalue weighted by Gasteiger charge is 2.20. The molecule has 34 heavy (non-hydrogen) atoms. The van der Waals surface area contributed by atoms with Gasteiger partial charge in [0.25, 0.3) is 0 Å². The number of anilines is 1. The van der Waals surface area contributed by atoms with Crippen LogP contribution in [-0.4, -0.2) is 19.1 Å². The van der Waals surface area contributed by atoms with Gasteiger partial charge in [0.05, 0.1) is 20.6 Å². The lowest BCUT2D eigenvalue weighted by atomic mass is 10.2. The zero-order chi connectivity index (χ0) is 23.2. The summed E-state index contributed by atoms with van der Waals surface area (Å²) in [7, 11) is 3.95. The summed E-state index contributed by atoms with van der Waals surface area (Å²) >= 11 is 3.09. The Balaban J connectivity index is 1.64. The van der Waals surface area contributed by atoms with Crippen LogP contribution in [0.25, 0.3) is 41.0 Å². The number of aromatic nitrogens is 1. The standard InChI is InChI=1S/C26H19FN4OS2/c1-31(2)16-13-11-15(12-14-16)29-30-22-21(27)24-23(28-17-7-3-4-8-18(17)32-24)26-25(22)33-19-9-5-6-10-20(19)34-26/h3-14,28H,1-2H3. The van der Waals surface area contributed by atoms with E-state index in [0.29, 0.717) is 16.8 Å². The van der Waals surface area contributed by atoms with E-state index in [-0.39, 0.29) is 11.3 Å². The predicted octanol–water partition coefficient (Wildman–Crippen LogP) is 9.09. The van der Waals surface area contributed by atoms with Crippen LogP contribution in [0.15, 0.2) is 87.4 Å². The molecule has 2 heterocycles. The fourth-order valence-electron chi connectivity index (χ4n) is 3.80. The molecule has 0 aliphatic heterocycles. The molecule has 0 aliphatic rings. The van der Waals surface area contributed by atoms with E-state index in [2.05, 4.69) is 21.3 Å². The minimum Gasteiger partial charge on any atom is -0.450 e. The first-order chi connectivity index (χ1) is 16.6. The maximum Gasteiger partial charge on any atom is 0.196 e. The molecule has 6 rings (SSSR count). The largest absolute Gasteiger partial charge is 0.450 e. The lowest BCUT2D eigenvalue weighted by Gasteiger charge is -2.11. The maximum atomic E-state index is 15.9. The first-order valence-corrected chi connectivity index (χ1v) is 12.3. The van der Waals surface area contributed by atoms with Gasteiger partial charge in [-0.2, -0.15) is 5.11 Å². The van der Waals surface area contributed by atoms with E-state index >= 15 is 4.39 Å². The molecule has 0 saturated carbocycles. The third-order valence-corrected chi connectivity index (χ3v) is 8.17. The number of H-pyrrole nitrogens is 1. The normalized spacial score (nSPS) is 11.9. The van der Waals surface area contributed by atoms with E-state index in [4.69, 9.17) is 4.42 Å². The number of benzene rings is 4. The number of hydrogen-bond acceptors (Lipinski definition) is 6. The number of hydrogen-bond donors (Lipinski definition) is 1. The van der Waals surface area contributed by atoms with Crippen LogP contribution in [0.2, 0.25) is 0 Å². The second-order valence-electron chi connectivity index (χ2n) is 8.01. The van der Waals surface area contributed by atoms with Crippen molar-refractivity contribution in [3.05, 3.63) is 78.6 Å². The van der Waals surface area contributed by atoms with Crippen molar-refractivity contribution in [2.75, 3.05) is 19.0 Å². The molecule has 0 aliphatic carbocycles. The Morgan fingerprint density at radius 1 is 0.824 bits per heavy atom. The molecule has 0 fully saturated rings. The second kappa shape index (κ2) is 8.23. The molecular weight excluding hydrogens is 467 g/mol. The molecule has 0 amide bonds. The number of aromatic amines is 1. The van der Waals surface area contributed by atoms with Crippen molar-refractivity contribution < 1.29 is 8.81 Å². The molecule has 2 aromatic heterocycles. The van der Waals surface area contributed by atoms with Crippen molar-refractivity contribution in [2.45, 2.75) is 0 Å². The molecule has 0 saturated heterocycles. The summed E-state index contributed by atoms with van der Waals surface area (Å²) in [6.45, 7) is 0. The monoisotopic (exact) mass is 486 g/mol. The van der Waals surface area contributed by atoms with Crippen molar-refractivity contribution in [2.24, 2.45) is 10.2 Å². The van der Waals surface area contributed by atoms with Crippen LogP contribution in [-0.2, 0) is 0 Å². The number of nitrogens with one attached hydrogen (secondary N) is 1. The van der Waals surface area contributed by atoms with Gasteiger partial charge >= 0.3 is 0 Å². The zero-order valence-corrected chi connectivity index (χ0v) is 20.0. The molecule has 0 bridgehead atoms. The molecule has 6 aromatic rings. The van der Waals surface area contributed by atoms with E-state index < -0.39 is 5.82 Å². The topological polar surface area (TPSA) is 56.9 Å². The van der Waals surface area contributed by atoms with Crippen LogP contribution in [0.3, 0.4) is 0 Å². The van der Waals surface area contributed by atoms with Crippen LogP contribution in [0.5, 0.6) is 0 Å². The number of rotatable bonds is 3. The van der Waals surface area contributed by atoms with Crippen LogP contribution < -0.4 is 4.90 Å². The molecule has 5 nitrogen and oxygen atoms in total. The van der Waals surface area contributed by atoms with E-state index in [1.54, 1.807) is 11.3 Å². The first kappa shape index (κ1) is 20.8. The Hall–Kier alpha value is -3.75. The van der Waals surface area contributed by atoms with Gasteiger partial charge in [-0.05, 0) is 48.5 Å². The highest BCUT2D eigenvalue weighted by atomic mass is 32.1. The Kier molecular flexibility index (Phi) is 5.04. The third-order valence-electron chi connectivity index (χ3n) is 5.55. The van der Waals surface area contributed by atoms with E-state index in [1.807, 2.05) is 85.7 Å². The minimum absolute atomic E-state index is 0.141. The summed E-state index contributed by atoms with van der Waals surface area (Å²) in [5, 5.41) is 8.76. The molecule has 8 heteroatoms. The lowest BCUT2D eigenvalue weighted by molar-refractivity contribution is 0.580. The van der Waals surface area contributed by atoms with Crippen molar-refractivity contribution in [1.82, 2.24) is 4.98 Å². The summed E-state index contributed by atoms with van der Waals surface area (Å²) in [6.07, 6.45) is 0. The summed E-state index contributed by atoms with van der Waals surface area (Å²) in [6, 6.07) is 23.3. The van der Waals surface area contributed by atoms with Crippen molar-refractivity contribution in [3.63, 3.8) is 0 Å². The first-order valence-electron chi connectivity index (χ1n) is 10.7. The molecule has 0 unspecified atom stereocenters. The van der Waals surface area contributed by atoms with Crippen molar-refractivity contribution in [1.29, 1.82) is 0 Å². The Bertz CT molecular complexity index is 1750. The van der Waals surface area contributed by atoms with Crippen molar-refractivity contribution >= 4 is 80.7 Å². The minimum atomic E-state index is -0.531. The number of para-hydroxylation sites is 2. The highest BCUT2D eigenvalue weighted by Crippen LogP contribution is 2.45. The molecule has 4 aromatic carbocycles. The van der Waals surface area contributed by atoms with Gasteiger partial charge in [-0.25, -0.2) is 4.39 Å². The summed E-state index contributed by atoms with van der Waals surface area (Å²) < 4.78 is 25.7. The number of halogens is 1. The Morgan fingerprint density at radius 3 is 2.24 bits per heavy atom. The van der Waals surface area contributed by atoms with E-state index in [1.165, 1.54) is 11.3 Å². The fourth-order valence-corrected chi connectivity index (χ4v) is 6.23. The van der Waals surface area contributed by atoms with Crippen LogP contribution in [0, 0.1) is 5.82 Å². The number of azo groups is 1. The van der Waals surface area contributed by atoms with Crippen LogP contribution in [0.1, 0.15) is 0 Å². The van der Waals surface area contributed by atoms with Gasteiger partial charge in [0.1, 0.15) is 11.2 Å².